The summed E-state index contributed by atoms with van der Waals surface area (Å²) in [6.07, 6.45) is 1.75. The van der Waals surface area contributed by atoms with Crippen molar-refractivity contribution in [3.8, 4) is 0 Å². The standard InChI is InChI=1S/C13H16N2O3/c16-9-10-5-7-15(8-6-10)12-3-1-11(2-4-12)14-13(17)18/h1-4,9-10,14H,5-8H2,(H,17,18). The van der Waals surface area contributed by atoms with Crippen LogP contribution in [0.1, 0.15) is 12.8 Å². The molecule has 0 spiro atoms. The topological polar surface area (TPSA) is 69.6 Å². The summed E-state index contributed by atoms with van der Waals surface area (Å²) in [5.41, 5.74) is 1.63. The van der Waals surface area contributed by atoms with Crippen LogP contribution in [0, 0.1) is 5.92 Å². The van der Waals surface area contributed by atoms with Crippen LogP contribution in [0.15, 0.2) is 24.3 Å². The van der Waals surface area contributed by atoms with Crippen molar-refractivity contribution in [3.05, 3.63) is 24.3 Å². The predicted octanol–water partition coefficient (Wildman–Crippen LogP) is 2.19. The van der Waals surface area contributed by atoms with Crippen LogP contribution in [0.5, 0.6) is 0 Å². The maximum absolute atomic E-state index is 10.7. The Morgan fingerprint density at radius 2 is 1.89 bits per heavy atom. The molecule has 5 nitrogen and oxygen atoms in total. The van der Waals surface area contributed by atoms with Crippen LogP contribution < -0.4 is 10.2 Å². The van der Waals surface area contributed by atoms with Crippen molar-refractivity contribution >= 4 is 23.8 Å². The fourth-order valence-corrected chi connectivity index (χ4v) is 2.17. The molecule has 1 aromatic rings. The molecule has 1 heterocycles. The highest BCUT2D eigenvalue weighted by Gasteiger charge is 2.18. The molecule has 0 aromatic heterocycles. The van der Waals surface area contributed by atoms with E-state index >= 15 is 0 Å². The summed E-state index contributed by atoms with van der Waals surface area (Å²) in [6.45, 7) is 1.74. The van der Waals surface area contributed by atoms with Gasteiger partial charge in [-0.2, -0.15) is 0 Å². The number of rotatable bonds is 3. The second-order valence-corrected chi connectivity index (χ2v) is 4.44. The van der Waals surface area contributed by atoms with E-state index in [9.17, 15) is 9.59 Å². The number of nitrogens with zero attached hydrogens (tertiary/aromatic N) is 1. The molecule has 1 aliphatic heterocycles. The van der Waals surface area contributed by atoms with Crippen LogP contribution in [0.4, 0.5) is 16.2 Å². The van der Waals surface area contributed by atoms with Crippen LogP contribution in [0.25, 0.3) is 0 Å². The molecule has 5 heteroatoms. The van der Waals surface area contributed by atoms with Gasteiger partial charge in [-0.25, -0.2) is 4.79 Å². The van der Waals surface area contributed by atoms with Crippen molar-refractivity contribution in [2.45, 2.75) is 12.8 Å². The molecule has 2 N–H and O–H groups in total. The van der Waals surface area contributed by atoms with E-state index in [4.69, 9.17) is 5.11 Å². The highest BCUT2D eigenvalue weighted by atomic mass is 16.4. The van der Waals surface area contributed by atoms with Gasteiger partial charge in [0.1, 0.15) is 6.29 Å². The average Bonchev–Trinajstić information content (AvgIpc) is 2.39. The first kappa shape index (κ1) is 12.4. The molecule has 0 saturated carbocycles. The van der Waals surface area contributed by atoms with Gasteiger partial charge in [0.25, 0.3) is 0 Å². The molecule has 0 bridgehead atoms. The van der Waals surface area contributed by atoms with Gasteiger partial charge < -0.3 is 14.8 Å². The van der Waals surface area contributed by atoms with Gasteiger partial charge in [0.05, 0.1) is 0 Å². The molecule has 2 rings (SSSR count). The quantitative estimate of drug-likeness (QED) is 0.804. The molecule has 0 radical (unpaired) electrons. The minimum atomic E-state index is -1.06. The third-order valence-corrected chi connectivity index (χ3v) is 3.22. The fourth-order valence-electron chi connectivity index (χ4n) is 2.17. The number of carbonyl (C=O) groups excluding carboxylic acids is 1. The molecule has 18 heavy (non-hydrogen) atoms. The maximum atomic E-state index is 10.7. The zero-order chi connectivity index (χ0) is 13.0. The third-order valence-electron chi connectivity index (χ3n) is 3.22. The number of amides is 1. The lowest BCUT2D eigenvalue weighted by molar-refractivity contribution is -0.111. The Morgan fingerprint density at radius 1 is 1.28 bits per heavy atom. The summed E-state index contributed by atoms with van der Waals surface area (Å²) < 4.78 is 0. The van der Waals surface area contributed by atoms with Crippen LogP contribution in [0.2, 0.25) is 0 Å². The molecular weight excluding hydrogens is 232 g/mol. The van der Waals surface area contributed by atoms with Crippen LogP contribution in [0.3, 0.4) is 0 Å². The first-order valence-electron chi connectivity index (χ1n) is 5.99. The van der Waals surface area contributed by atoms with Crippen molar-refractivity contribution in [1.29, 1.82) is 0 Å². The molecular formula is C13H16N2O3. The van der Waals surface area contributed by atoms with Crippen molar-refractivity contribution in [1.82, 2.24) is 0 Å². The maximum Gasteiger partial charge on any atom is 0.409 e. The zero-order valence-electron chi connectivity index (χ0n) is 10.0. The molecule has 1 amide bonds. The Labute approximate surface area is 105 Å². The molecule has 1 fully saturated rings. The van der Waals surface area contributed by atoms with Gasteiger partial charge >= 0.3 is 6.09 Å². The summed E-state index contributed by atoms with van der Waals surface area (Å²) in [5, 5.41) is 10.9. The van der Waals surface area contributed by atoms with E-state index in [0.717, 1.165) is 37.9 Å². The van der Waals surface area contributed by atoms with E-state index in [1.807, 2.05) is 12.1 Å². The molecule has 0 atom stereocenters. The highest BCUT2D eigenvalue weighted by Crippen LogP contribution is 2.23. The van der Waals surface area contributed by atoms with Crippen molar-refractivity contribution < 1.29 is 14.7 Å². The number of carboxylic acid groups (broad SMARTS) is 1. The van der Waals surface area contributed by atoms with Gasteiger partial charge in [-0.15, -0.1) is 0 Å². The second-order valence-electron chi connectivity index (χ2n) is 4.44. The zero-order valence-corrected chi connectivity index (χ0v) is 10.0. The van der Waals surface area contributed by atoms with E-state index in [2.05, 4.69) is 10.2 Å². The number of piperidine rings is 1. The monoisotopic (exact) mass is 248 g/mol. The van der Waals surface area contributed by atoms with Crippen molar-refractivity contribution in [2.24, 2.45) is 5.92 Å². The summed E-state index contributed by atoms with van der Waals surface area (Å²) in [7, 11) is 0. The lowest BCUT2D eigenvalue weighted by atomic mass is 9.98. The summed E-state index contributed by atoms with van der Waals surface area (Å²) in [5.74, 6) is 0.189. The van der Waals surface area contributed by atoms with Crippen LogP contribution in [-0.4, -0.2) is 30.6 Å². The SMILES string of the molecule is O=CC1CCN(c2ccc(NC(=O)O)cc2)CC1. The van der Waals surface area contributed by atoms with E-state index < -0.39 is 6.09 Å². The van der Waals surface area contributed by atoms with Gasteiger partial charge in [-0.1, -0.05) is 0 Å². The first-order chi connectivity index (χ1) is 8.69. The smallest absolute Gasteiger partial charge is 0.409 e. The number of anilines is 2. The number of hydrogen-bond donors (Lipinski definition) is 2. The Morgan fingerprint density at radius 3 is 2.39 bits per heavy atom. The van der Waals surface area contributed by atoms with Gasteiger partial charge in [-0.05, 0) is 37.1 Å². The average molecular weight is 248 g/mol. The third kappa shape index (κ3) is 3.00. The molecule has 1 saturated heterocycles. The highest BCUT2D eigenvalue weighted by molar-refractivity contribution is 5.83. The Bertz CT molecular complexity index is 422. The summed E-state index contributed by atoms with van der Waals surface area (Å²) in [4.78, 5) is 23.4. The molecule has 0 unspecified atom stereocenters. The van der Waals surface area contributed by atoms with E-state index in [0.29, 0.717) is 5.69 Å². The molecule has 1 aliphatic rings. The summed E-state index contributed by atoms with van der Waals surface area (Å²) in [6, 6.07) is 7.28. The van der Waals surface area contributed by atoms with Gasteiger partial charge in [-0.3, -0.25) is 5.32 Å². The Balaban J connectivity index is 1.97. The Hall–Kier alpha value is -2.04. The Kier molecular flexibility index (Phi) is 3.82. The van der Waals surface area contributed by atoms with Gasteiger partial charge in [0, 0.05) is 30.4 Å². The lowest BCUT2D eigenvalue weighted by Crippen LogP contribution is -2.34. The minimum Gasteiger partial charge on any atom is -0.465 e. The first-order valence-corrected chi connectivity index (χ1v) is 5.99. The minimum absolute atomic E-state index is 0.189. The normalized spacial score (nSPS) is 16.3. The lowest BCUT2D eigenvalue weighted by Gasteiger charge is -2.31. The second kappa shape index (κ2) is 5.53. The number of carbonyl (C=O) groups is 2. The van der Waals surface area contributed by atoms with E-state index in [-0.39, 0.29) is 5.92 Å². The number of nitrogens with one attached hydrogen (secondary N) is 1. The largest absolute Gasteiger partial charge is 0.465 e. The van der Waals surface area contributed by atoms with Crippen molar-refractivity contribution in [3.63, 3.8) is 0 Å². The van der Waals surface area contributed by atoms with Crippen LogP contribution in [-0.2, 0) is 4.79 Å². The van der Waals surface area contributed by atoms with Gasteiger partial charge in [0.2, 0.25) is 0 Å². The predicted molar refractivity (Wildman–Crippen MR) is 69.1 cm³/mol. The molecule has 96 valence electrons. The van der Waals surface area contributed by atoms with E-state index in [1.54, 1.807) is 12.1 Å². The molecule has 0 aliphatic carbocycles. The van der Waals surface area contributed by atoms with E-state index in [1.165, 1.54) is 0 Å². The van der Waals surface area contributed by atoms with Crippen LogP contribution >= 0.6 is 0 Å². The summed E-state index contributed by atoms with van der Waals surface area (Å²) >= 11 is 0. The number of hydrogen-bond acceptors (Lipinski definition) is 3. The number of aldehydes is 1. The van der Waals surface area contributed by atoms with Crippen molar-refractivity contribution in [2.75, 3.05) is 23.3 Å². The number of benzene rings is 1. The molecule has 1 aromatic carbocycles. The van der Waals surface area contributed by atoms with Gasteiger partial charge in [0.15, 0.2) is 0 Å². The fraction of sp³-hybridized carbons (Fsp3) is 0.385.